The number of carbonyl (C=O) groups excluding carboxylic acids is 1. The summed E-state index contributed by atoms with van der Waals surface area (Å²) >= 11 is 0. The van der Waals surface area contributed by atoms with E-state index in [0.29, 0.717) is 37.7 Å². The highest BCUT2D eigenvalue weighted by Crippen LogP contribution is 2.30. The van der Waals surface area contributed by atoms with Crippen molar-refractivity contribution in [2.24, 2.45) is 5.92 Å². The fourth-order valence-electron chi connectivity index (χ4n) is 4.61. The van der Waals surface area contributed by atoms with Crippen LogP contribution >= 0.6 is 0 Å². The maximum absolute atomic E-state index is 13.6. The van der Waals surface area contributed by atoms with Gasteiger partial charge in [-0.05, 0) is 37.0 Å². The minimum atomic E-state index is -3.61. The Labute approximate surface area is 188 Å². The van der Waals surface area contributed by atoms with E-state index in [1.54, 1.807) is 12.1 Å². The average molecular weight is 451 g/mol. The number of rotatable bonds is 8. The fraction of sp³-hybridized carbons (Fsp3) is 0.696. The predicted octanol–water partition coefficient (Wildman–Crippen LogP) is 2.73. The normalized spacial score (nSPS) is 18.4. The maximum Gasteiger partial charge on any atom is 0.256 e. The van der Waals surface area contributed by atoms with E-state index in [9.17, 15) is 13.2 Å². The second kappa shape index (κ2) is 10.3. The Hall–Kier alpha value is -1.64. The average Bonchev–Trinajstić information content (AvgIpc) is 3.28. The van der Waals surface area contributed by atoms with Gasteiger partial charge in [0.2, 0.25) is 10.0 Å². The molecule has 0 saturated carbocycles. The summed E-state index contributed by atoms with van der Waals surface area (Å²) in [5.74, 6) is 0.550. The second-order valence-corrected chi connectivity index (χ2v) is 10.9. The van der Waals surface area contributed by atoms with Crippen LogP contribution in [-0.2, 0) is 10.0 Å². The molecule has 0 aliphatic carbocycles. The summed E-state index contributed by atoms with van der Waals surface area (Å²) in [6.45, 7) is 14.8. The van der Waals surface area contributed by atoms with Crippen molar-refractivity contribution >= 4 is 21.6 Å². The Morgan fingerprint density at radius 3 is 2.16 bits per heavy atom. The van der Waals surface area contributed by atoms with Gasteiger partial charge in [0, 0.05) is 64.6 Å². The van der Waals surface area contributed by atoms with Crippen molar-refractivity contribution in [2.75, 3.05) is 63.8 Å². The van der Waals surface area contributed by atoms with Gasteiger partial charge in [-0.1, -0.05) is 27.7 Å². The van der Waals surface area contributed by atoms with E-state index in [4.69, 9.17) is 0 Å². The highest BCUT2D eigenvalue weighted by Gasteiger charge is 2.29. The summed E-state index contributed by atoms with van der Waals surface area (Å²) < 4.78 is 27.7. The zero-order chi connectivity index (χ0) is 22.6. The standard InChI is InChI=1S/C23H38N4O3S/c1-5-27(6-2)31(29,30)20-9-10-22(25-11-7-8-12-25)21(17-20)23(28)26-15-13-24(14-16-26)18-19(3)4/h9-10,17,19H,5-8,11-16,18H2,1-4H3. The minimum absolute atomic E-state index is 0.0531. The van der Waals surface area contributed by atoms with E-state index in [0.717, 1.165) is 51.3 Å². The molecular formula is C23H38N4O3S. The first-order valence-corrected chi connectivity index (χ1v) is 13.1. The molecule has 2 fully saturated rings. The van der Waals surface area contributed by atoms with E-state index in [-0.39, 0.29) is 10.8 Å². The van der Waals surface area contributed by atoms with Crippen LogP contribution in [0.3, 0.4) is 0 Å². The lowest BCUT2D eigenvalue weighted by Gasteiger charge is -2.36. The number of carbonyl (C=O) groups is 1. The lowest BCUT2D eigenvalue weighted by atomic mass is 10.1. The first-order valence-electron chi connectivity index (χ1n) is 11.7. The number of hydrogen-bond donors (Lipinski definition) is 0. The smallest absolute Gasteiger partial charge is 0.256 e. The second-order valence-electron chi connectivity index (χ2n) is 8.95. The molecule has 0 aromatic heterocycles. The zero-order valence-electron chi connectivity index (χ0n) is 19.5. The summed E-state index contributed by atoms with van der Waals surface area (Å²) in [5.41, 5.74) is 1.39. The first-order chi connectivity index (χ1) is 14.8. The molecule has 3 rings (SSSR count). The van der Waals surface area contributed by atoms with Crippen LogP contribution in [0.25, 0.3) is 0 Å². The SMILES string of the molecule is CCN(CC)S(=O)(=O)c1ccc(N2CCCC2)c(C(=O)N2CCN(CC(C)C)CC2)c1. The van der Waals surface area contributed by atoms with E-state index < -0.39 is 10.0 Å². The number of sulfonamides is 1. The molecule has 174 valence electrons. The van der Waals surface area contributed by atoms with Gasteiger partial charge in [0.25, 0.3) is 5.91 Å². The maximum atomic E-state index is 13.6. The molecule has 1 amide bonds. The summed E-state index contributed by atoms with van der Waals surface area (Å²) in [7, 11) is -3.61. The van der Waals surface area contributed by atoms with Gasteiger partial charge >= 0.3 is 0 Å². The van der Waals surface area contributed by atoms with Gasteiger partial charge in [-0.3, -0.25) is 9.69 Å². The van der Waals surface area contributed by atoms with E-state index >= 15 is 0 Å². The molecule has 1 aromatic rings. The number of anilines is 1. The predicted molar refractivity (Wildman–Crippen MR) is 125 cm³/mol. The van der Waals surface area contributed by atoms with Crippen molar-refractivity contribution in [2.45, 2.75) is 45.4 Å². The molecule has 2 aliphatic heterocycles. The fourth-order valence-corrected chi connectivity index (χ4v) is 6.10. The van der Waals surface area contributed by atoms with Gasteiger partial charge in [-0.2, -0.15) is 4.31 Å². The molecular weight excluding hydrogens is 412 g/mol. The Kier molecular flexibility index (Phi) is 7.99. The molecule has 8 heteroatoms. The van der Waals surface area contributed by atoms with Crippen LogP contribution in [0.15, 0.2) is 23.1 Å². The molecule has 2 saturated heterocycles. The lowest BCUT2D eigenvalue weighted by Crippen LogP contribution is -2.49. The highest BCUT2D eigenvalue weighted by atomic mass is 32.2. The van der Waals surface area contributed by atoms with Crippen molar-refractivity contribution in [3.05, 3.63) is 23.8 Å². The van der Waals surface area contributed by atoms with Gasteiger partial charge in [0.15, 0.2) is 0 Å². The van der Waals surface area contributed by atoms with Crippen LogP contribution in [0.5, 0.6) is 0 Å². The monoisotopic (exact) mass is 450 g/mol. The molecule has 0 radical (unpaired) electrons. The van der Waals surface area contributed by atoms with Crippen LogP contribution in [0.1, 0.15) is 50.9 Å². The number of hydrogen-bond acceptors (Lipinski definition) is 5. The topological polar surface area (TPSA) is 64.2 Å². The largest absolute Gasteiger partial charge is 0.371 e. The van der Waals surface area contributed by atoms with Crippen LogP contribution < -0.4 is 4.90 Å². The molecule has 31 heavy (non-hydrogen) atoms. The van der Waals surface area contributed by atoms with Gasteiger partial charge in [-0.25, -0.2) is 8.42 Å². The highest BCUT2D eigenvalue weighted by molar-refractivity contribution is 7.89. The summed E-state index contributed by atoms with van der Waals surface area (Å²) in [6, 6.07) is 5.12. The van der Waals surface area contributed by atoms with E-state index in [1.807, 2.05) is 24.8 Å². The molecule has 0 atom stereocenters. The van der Waals surface area contributed by atoms with Crippen molar-refractivity contribution in [1.29, 1.82) is 0 Å². The van der Waals surface area contributed by atoms with Crippen molar-refractivity contribution in [1.82, 2.24) is 14.1 Å². The van der Waals surface area contributed by atoms with Crippen molar-refractivity contribution in [3.8, 4) is 0 Å². The van der Waals surface area contributed by atoms with Crippen molar-refractivity contribution < 1.29 is 13.2 Å². The summed E-state index contributed by atoms with van der Waals surface area (Å²) in [6.07, 6.45) is 2.20. The molecule has 0 spiro atoms. The van der Waals surface area contributed by atoms with Crippen LogP contribution in [0.4, 0.5) is 5.69 Å². The molecule has 2 heterocycles. The van der Waals surface area contributed by atoms with E-state index in [2.05, 4.69) is 23.6 Å². The number of piperazine rings is 1. The minimum Gasteiger partial charge on any atom is -0.371 e. The lowest BCUT2D eigenvalue weighted by molar-refractivity contribution is 0.0624. The molecule has 7 nitrogen and oxygen atoms in total. The van der Waals surface area contributed by atoms with Gasteiger partial charge < -0.3 is 9.80 Å². The third kappa shape index (κ3) is 5.41. The first kappa shape index (κ1) is 24.0. The Morgan fingerprint density at radius 2 is 1.61 bits per heavy atom. The molecule has 1 aromatic carbocycles. The van der Waals surface area contributed by atoms with Crippen LogP contribution in [0, 0.1) is 5.92 Å². The third-order valence-electron chi connectivity index (χ3n) is 6.27. The summed E-state index contributed by atoms with van der Waals surface area (Å²) in [4.78, 5) is 20.3. The molecule has 2 aliphatic rings. The Bertz CT molecular complexity index is 854. The number of nitrogens with zero attached hydrogens (tertiary/aromatic N) is 4. The number of amides is 1. The summed E-state index contributed by atoms with van der Waals surface area (Å²) in [5, 5.41) is 0. The quantitative estimate of drug-likeness (QED) is 0.609. The van der Waals surface area contributed by atoms with Crippen LogP contribution in [-0.4, -0.2) is 87.3 Å². The Balaban J connectivity index is 1.90. The van der Waals surface area contributed by atoms with Crippen LogP contribution in [0.2, 0.25) is 0 Å². The van der Waals surface area contributed by atoms with E-state index in [1.165, 1.54) is 4.31 Å². The Morgan fingerprint density at radius 1 is 1.00 bits per heavy atom. The third-order valence-corrected chi connectivity index (χ3v) is 8.32. The number of benzene rings is 1. The molecule has 0 bridgehead atoms. The molecule has 0 N–H and O–H groups in total. The molecule has 0 unspecified atom stereocenters. The van der Waals surface area contributed by atoms with Crippen molar-refractivity contribution in [3.63, 3.8) is 0 Å². The van der Waals surface area contributed by atoms with Gasteiger partial charge in [0.05, 0.1) is 10.5 Å². The van der Waals surface area contributed by atoms with Gasteiger partial charge in [0.1, 0.15) is 0 Å². The zero-order valence-corrected chi connectivity index (χ0v) is 20.3. The van der Waals surface area contributed by atoms with Gasteiger partial charge in [-0.15, -0.1) is 0 Å².